The molecule has 0 aromatic heterocycles. The molecule has 1 aliphatic rings. The van der Waals surface area contributed by atoms with E-state index < -0.39 is 5.60 Å². The molecule has 0 spiro atoms. The van der Waals surface area contributed by atoms with Gasteiger partial charge < -0.3 is 5.11 Å². The molecule has 1 atom stereocenters. The molecule has 1 aliphatic carbocycles. The Morgan fingerprint density at radius 2 is 1.75 bits per heavy atom. The molecule has 2 heteroatoms. The van der Waals surface area contributed by atoms with Crippen molar-refractivity contribution in [3.05, 3.63) is 77.4 Å². The average Bonchev–Trinajstić information content (AvgIpc) is 2.74. The van der Waals surface area contributed by atoms with Gasteiger partial charge in [0.05, 0.1) is 0 Å². The first-order chi connectivity index (χ1) is 9.66. The molecular weight excluding hydrogens is 248 g/mol. The number of rotatable bonds is 2. The average molecular weight is 264 g/mol. The Balaban J connectivity index is 2.09. The number of benzene rings is 2. The minimum Gasteiger partial charge on any atom is -0.377 e. The standard InChI is InChI=1S/C18H16O2/c1-2-16(13-8-4-3-5-9-13)18(20)12-14-10-6-7-11-15(14)17(18)19/h2-11,20H,12H2,1H3/b16-2-. The summed E-state index contributed by atoms with van der Waals surface area (Å²) >= 11 is 0. The molecule has 0 bridgehead atoms. The highest BCUT2D eigenvalue weighted by molar-refractivity contribution is 6.14. The molecular formula is C18H16O2. The van der Waals surface area contributed by atoms with Crippen LogP contribution in [0.25, 0.3) is 5.57 Å². The van der Waals surface area contributed by atoms with Gasteiger partial charge >= 0.3 is 0 Å². The van der Waals surface area contributed by atoms with Crippen molar-refractivity contribution in [3.8, 4) is 0 Å². The summed E-state index contributed by atoms with van der Waals surface area (Å²) in [6.07, 6.45) is 2.18. The molecule has 0 saturated carbocycles. The molecule has 0 heterocycles. The molecule has 20 heavy (non-hydrogen) atoms. The second kappa shape index (κ2) is 4.73. The van der Waals surface area contributed by atoms with E-state index in [4.69, 9.17) is 0 Å². The fraction of sp³-hybridized carbons (Fsp3) is 0.167. The molecule has 3 rings (SSSR count). The zero-order valence-electron chi connectivity index (χ0n) is 11.3. The second-order valence-electron chi connectivity index (χ2n) is 5.09. The maximum Gasteiger partial charge on any atom is 0.199 e. The van der Waals surface area contributed by atoms with Crippen LogP contribution in [0.5, 0.6) is 0 Å². The van der Waals surface area contributed by atoms with Crippen LogP contribution in [-0.4, -0.2) is 16.5 Å². The monoisotopic (exact) mass is 264 g/mol. The molecule has 0 amide bonds. The molecule has 2 aromatic rings. The molecule has 0 fully saturated rings. The molecule has 0 radical (unpaired) electrons. The van der Waals surface area contributed by atoms with E-state index in [0.717, 1.165) is 11.1 Å². The third-order valence-corrected chi connectivity index (χ3v) is 3.90. The lowest BCUT2D eigenvalue weighted by Gasteiger charge is -2.24. The number of carbonyl (C=O) groups excluding carboxylic acids is 1. The van der Waals surface area contributed by atoms with Gasteiger partial charge in [0.1, 0.15) is 0 Å². The van der Waals surface area contributed by atoms with Crippen molar-refractivity contribution < 1.29 is 9.90 Å². The molecule has 1 unspecified atom stereocenters. The Labute approximate surface area is 118 Å². The van der Waals surface area contributed by atoms with Gasteiger partial charge in [0, 0.05) is 12.0 Å². The smallest absolute Gasteiger partial charge is 0.199 e. The fourth-order valence-electron chi connectivity index (χ4n) is 2.95. The van der Waals surface area contributed by atoms with Crippen molar-refractivity contribution in [2.75, 3.05) is 0 Å². The van der Waals surface area contributed by atoms with Gasteiger partial charge in [0.2, 0.25) is 0 Å². The quantitative estimate of drug-likeness (QED) is 0.904. The van der Waals surface area contributed by atoms with Gasteiger partial charge in [0.15, 0.2) is 11.4 Å². The Morgan fingerprint density at radius 1 is 1.10 bits per heavy atom. The van der Waals surface area contributed by atoms with E-state index in [1.165, 1.54) is 0 Å². The third-order valence-electron chi connectivity index (χ3n) is 3.90. The van der Waals surface area contributed by atoms with E-state index in [-0.39, 0.29) is 5.78 Å². The van der Waals surface area contributed by atoms with Crippen LogP contribution in [-0.2, 0) is 6.42 Å². The highest BCUT2D eigenvalue weighted by Crippen LogP contribution is 2.39. The highest BCUT2D eigenvalue weighted by Gasteiger charge is 2.46. The Kier molecular flexibility index (Phi) is 3.03. The zero-order valence-corrected chi connectivity index (χ0v) is 11.3. The molecule has 2 aromatic carbocycles. The lowest BCUT2D eigenvalue weighted by Crippen LogP contribution is -2.37. The van der Waals surface area contributed by atoms with E-state index in [1.54, 1.807) is 6.07 Å². The van der Waals surface area contributed by atoms with Crippen LogP contribution >= 0.6 is 0 Å². The van der Waals surface area contributed by atoms with Crippen LogP contribution in [0.1, 0.15) is 28.4 Å². The van der Waals surface area contributed by atoms with Gasteiger partial charge in [-0.1, -0.05) is 60.7 Å². The van der Waals surface area contributed by atoms with Gasteiger partial charge in [-0.15, -0.1) is 0 Å². The lowest BCUT2D eigenvalue weighted by atomic mass is 9.84. The van der Waals surface area contributed by atoms with E-state index in [9.17, 15) is 9.90 Å². The molecule has 1 N–H and O–H groups in total. The maximum absolute atomic E-state index is 12.6. The molecule has 0 saturated heterocycles. The van der Waals surface area contributed by atoms with Gasteiger partial charge in [-0.2, -0.15) is 0 Å². The van der Waals surface area contributed by atoms with Crippen LogP contribution < -0.4 is 0 Å². The number of fused-ring (bicyclic) bond motifs is 1. The lowest BCUT2D eigenvalue weighted by molar-refractivity contribution is 0.0610. The van der Waals surface area contributed by atoms with Crippen LogP contribution in [0.2, 0.25) is 0 Å². The first kappa shape index (κ1) is 12.8. The molecule has 0 aliphatic heterocycles. The summed E-state index contributed by atoms with van der Waals surface area (Å²) in [5.41, 5.74) is 1.67. The number of ketones is 1. The van der Waals surface area contributed by atoms with Crippen LogP contribution in [0.3, 0.4) is 0 Å². The summed E-state index contributed by atoms with van der Waals surface area (Å²) in [4.78, 5) is 12.6. The first-order valence-electron chi connectivity index (χ1n) is 6.74. The van der Waals surface area contributed by atoms with Gasteiger partial charge in [-0.3, -0.25) is 4.79 Å². The predicted molar refractivity (Wildman–Crippen MR) is 79.5 cm³/mol. The molecule has 100 valence electrons. The van der Waals surface area contributed by atoms with E-state index in [2.05, 4.69) is 0 Å². The second-order valence-corrected chi connectivity index (χ2v) is 5.09. The summed E-state index contributed by atoms with van der Waals surface area (Å²) in [6.45, 7) is 1.86. The van der Waals surface area contributed by atoms with E-state index in [1.807, 2.05) is 61.5 Å². The minimum absolute atomic E-state index is 0.204. The van der Waals surface area contributed by atoms with Crippen LogP contribution in [0.15, 0.2) is 60.7 Å². The first-order valence-corrected chi connectivity index (χ1v) is 6.74. The Hall–Kier alpha value is -2.19. The van der Waals surface area contributed by atoms with E-state index in [0.29, 0.717) is 17.6 Å². The summed E-state index contributed by atoms with van der Waals surface area (Å²) in [5, 5.41) is 11.0. The van der Waals surface area contributed by atoms with Crippen LogP contribution in [0, 0.1) is 0 Å². The summed E-state index contributed by atoms with van der Waals surface area (Å²) < 4.78 is 0. The Morgan fingerprint density at radius 3 is 2.40 bits per heavy atom. The number of aliphatic hydroxyl groups is 1. The Bertz CT molecular complexity index is 686. The summed E-state index contributed by atoms with van der Waals surface area (Å²) in [7, 11) is 0. The minimum atomic E-state index is -1.44. The highest BCUT2D eigenvalue weighted by atomic mass is 16.3. The number of hydrogen-bond acceptors (Lipinski definition) is 2. The van der Waals surface area contributed by atoms with Gasteiger partial charge in [-0.05, 0) is 23.6 Å². The summed E-state index contributed by atoms with van der Waals surface area (Å²) in [6, 6.07) is 17.0. The predicted octanol–water partition coefficient (Wildman–Crippen LogP) is 3.26. The van der Waals surface area contributed by atoms with E-state index >= 15 is 0 Å². The zero-order chi connectivity index (χ0) is 14.2. The van der Waals surface area contributed by atoms with Crippen molar-refractivity contribution in [1.29, 1.82) is 0 Å². The van der Waals surface area contributed by atoms with Crippen LogP contribution in [0.4, 0.5) is 0 Å². The number of hydrogen-bond donors (Lipinski definition) is 1. The normalized spacial score (nSPS) is 21.9. The summed E-state index contributed by atoms with van der Waals surface area (Å²) in [5.74, 6) is -0.204. The number of Topliss-reactive ketones (excluding diaryl/α,β-unsaturated/α-hetero) is 1. The SMILES string of the molecule is C/C=C(/c1ccccc1)C1(O)Cc2ccccc2C1=O. The van der Waals surface area contributed by atoms with Crippen molar-refractivity contribution in [2.45, 2.75) is 18.9 Å². The van der Waals surface area contributed by atoms with Crippen molar-refractivity contribution in [3.63, 3.8) is 0 Å². The van der Waals surface area contributed by atoms with Gasteiger partial charge in [-0.25, -0.2) is 0 Å². The van der Waals surface area contributed by atoms with Gasteiger partial charge in [0.25, 0.3) is 0 Å². The maximum atomic E-state index is 12.6. The topological polar surface area (TPSA) is 37.3 Å². The van der Waals surface area contributed by atoms with Crippen molar-refractivity contribution >= 4 is 11.4 Å². The third kappa shape index (κ3) is 1.81. The van der Waals surface area contributed by atoms with Crippen molar-refractivity contribution in [1.82, 2.24) is 0 Å². The largest absolute Gasteiger partial charge is 0.377 e. The fourth-order valence-corrected chi connectivity index (χ4v) is 2.95. The number of carbonyl (C=O) groups is 1. The van der Waals surface area contributed by atoms with Crippen molar-refractivity contribution in [2.24, 2.45) is 0 Å². The molecule has 2 nitrogen and oxygen atoms in total. The number of allylic oxidation sites excluding steroid dienone is 1.